The van der Waals surface area contributed by atoms with Crippen molar-refractivity contribution < 1.29 is 32.6 Å². The molecule has 13 heteroatoms. The highest BCUT2D eigenvalue weighted by Gasteiger charge is 2.51. The first kappa shape index (κ1) is 23.3. The van der Waals surface area contributed by atoms with Crippen molar-refractivity contribution in [2.45, 2.75) is 51.6 Å². The van der Waals surface area contributed by atoms with E-state index in [-0.39, 0.29) is 30.1 Å². The van der Waals surface area contributed by atoms with Gasteiger partial charge in [-0.25, -0.2) is 23.1 Å². The van der Waals surface area contributed by atoms with Crippen molar-refractivity contribution in [2.24, 2.45) is 0 Å². The minimum Gasteiger partial charge on any atom is -0.454 e. The number of hydrogen-bond acceptors (Lipinski definition) is 9. The van der Waals surface area contributed by atoms with E-state index in [1.807, 2.05) is 0 Å². The van der Waals surface area contributed by atoms with E-state index in [2.05, 4.69) is 9.97 Å². The van der Waals surface area contributed by atoms with E-state index in [9.17, 15) is 18.8 Å². The SMILES string of the molecule is CCC(=O)O[C@H]1O[C@@H](n2c(=O)n(Cc3cccc(F)c3)c3cnc(N)nc32)[C@H](OC(C)=O)[C@H]1F. The number of fused-ring (bicyclic) bond motifs is 1. The van der Waals surface area contributed by atoms with Gasteiger partial charge in [0.2, 0.25) is 18.4 Å². The molecule has 34 heavy (non-hydrogen) atoms. The summed E-state index contributed by atoms with van der Waals surface area (Å²) in [5, 5.41) is 0. The second kappa shape index (κ2) is 9.17. The number of hydrogen-bond donors (Lipinski definition) is 1. The van der Waals surface area contributed by atoms with Crippen LogP contribution in [0.1, 0.15) is 32.1 Å². The molecule has 1 saturated heterocycles. The summed E-state index contributed by atoms with van der Waals surface area (Å²) in [6.07, 6.45) is -5.74. The molecule has 1 aliphatic rings. The Morgan fingerprint density at radius 1 is 1.29 bits per heavy atom. The van der Waals surface area contributed by atoms with Crippen molar-refractivity contribution in [2.75, 3.05) is 5.73 Å². The van der Waals surface area contributed by atoms with Gasteiger partial charge in [-0.1, -0.05) is 19.1 Å². The van der Waals surface area contributed by atoms with E-state index < -0.39 is 48.2 Å². The van der Waals surface area contributed by atoms with Crippen LogP contribution in [0.25, 0.3) is 11.2 Å². The van der Waals surface area contributed by atoms with Crippen molar-refractivity contribution in [3.05, 3.63) is 52.3 Å². The van der Waals surface area contributed by atoms with Crippen LogP contribution < -0.4 is 11.4 Å². The van der Waals surface area contributed by atoms with Crippen molar-refractivity contribution in [1.29, 1.82) is 0 Å². The molecule has 0 radical (unpaired) electrons. The number of halogens is 2. The van der Waals surface area contributed by atoms with Gasteiger partial charge in [0.25, 0.3) is 0 Å². The Kier molecular flexibility index (Phi) is 6.28. The highest BCUT2D eigenvalue weighted by Crippen LogP contribution is 2.35. The number of carbonyl (C=O) groups excluding carboxylic acids is 2. The van der Waals surface area contributed by atoms with Gasteiger partial charge >= 0.3 is 17.6 Å². The lowest BCUT2D eigenvalue weighted by Gasteiger charge is -2.19. The van der Waals surface area contributed by atoms with Crippen molar-refractivity contribution >= 4 is 29.1 Å². The Morgan fingerprint density at radius 3 is 2.74 bits per heavy atom. The second-order valence-electron chi connectivity index (χ2n) is 7.56. The quantitative estimate of drug-likeness (QED) is 0.522. The fourth-order valence-corrected chi connectivity index (χ4v) is 3.70. The average molecular weight is 477 g/mol. The maximum absolute atomic E-state index is 15.2. The molecule has 0 unspecified atom stereocenters. The molecule has 4 rings (SSSR count). The molecule has 1 aliphatic heterocycles. The molecule has 11 nitrogen and oxygen atoms in total. The maximum Gasteiger partial charge on any atom is 0.332 e. The summed E-state index contributed by atoms with van der Waals surface area (Å²) in [4.78, 5) is 44.9. The molecule has 0 bridgehead atoms. The van der Waals surface area contributed by atoms with Gasteiger partial charge in [0.1, 0.15) is 11.3 Å². The zero-order valence-corrected chi connectivity index (χ0v) is 18.2. The Bertz CT molecular complexity index is 1310. The Morgan fingerprint density at radius 2 is 2.06 bits per heavy atom. The number of esters is 2. The molecule has 0 aliphatic carbocycles. The van der Waals surface area contributed by atoms with Crippen LogP contribution in [0.3, 0.4) is 0 Å². The summed E-state index contributed by atoms with van der Waals surface area (Å²) in [6.45, 7) is 2.49. The fraction of sp³-hybridized carbons (Fsp3) is 0.381. The highest BCUT2D eigenvalue weighted by atomic mass is 19.1. The number of nitrogen functional groups attached to an aromatic ring is 1. The minimum absolute atomic E-state index is 0.0364. The van der Waals surface area contributed by atoms with Gasteiger partial charge in [0.05, 0.1) is 12.7 Å². The highest BCUT2D eigenvalue weighted by molar-refractivity contribution is 5.72. The van der Waals surface area contributed by atoms with Crippen LogP contribution in [0, 0.1) is 5.82 Å². The van der Waals surface area contributed by atoms with Gasteiger partial charge in [-0.3, -0.25) is 14.2 Å². The Labute approximate surface area is 191 Å². The van der Waals surface area contributed by atoms with Gasteiger partial charge in [-0.2, -0.15) is 4.98 Å². The molecule has 0 spiro atoms. The number of imidazole rings is 1. The predicted octanol–water partition coefficient (Wildman–Crippen LogP) is 1.44. The zero-order valence-electron chi connectivity index (χ0n) is 18.2. The first-order chi connectivity index (χ1) is 16.2. The van der Waals surface area contributed by atoms with Crippen LogP contribution in [0.5, 0.6) is 0 Å². The number of ether oxygens (including phenoxy) is 3. The summed E-state index contributed by atoms with van der Waals surface area (Å²) in [5.41, 5.74) is 5.59. The van der Waals surface area contributed by atoms with E-state index in [0.717, 1.165) is 11.5 Å². The number of alkyl halides is 1. The maximum atomic E-state index is 15.2. The summed E-state index contributed by atoms with van der Waals surface area (Å²) in [7, 11) is 0. The molecule has 3 heterocycles. The number of rotatable bonds is 6. The first-order valence-corrected chi connectivity index (χ1v) is 10.3. The number of nitrogens with two attached hydrogens (primary N) is 1. The zero-order chi connectivity index (χ0) is 24.6. The largest absolute Gasteiger partial charge is 0.454 e. The molecule has 4 atom stereocenters. The third kappa shape index (κ3) is 4.33. The van der Waals surface area contributed by atoms with Crippen LogP contribution in [-0.2, 0) is 30.3 Å². The summed E-state index contributed by atoms with van der Waals surface area (Å²) < 4.78 is 46.6. The average Bonchev–Trinajstić information content (AvgIpc) is 3.21. The summed E-state index contributed by atoms with van der Waals surface area (Å²) in [5.74, 6) is -2.27. The van der Waals surface area contributed by atoms with Crippen LogP contribution >= 0.6 is 0 Å². The van der Waals surface area contributed by atoms with Gasteiger partial charge in [-0.05, 0) is 17.7 Å². The standard InChI is InChI=1S/C21H21F2N5O6/c1-3-14(30)33-19-15(23)16(32-10(2)29)18(34-19)28-17-13(8-25-20(24)26-17)27(21(28)31)9-11-5-4-6-12(22)7-11/h4-8,15-16,18-19H,3,9H2,1-2H3,(H2,24,25,26)/t15-,16-,18-,19+/m1/s1. The van der Waals surface area contributed by atoms with E-state index in [4.69, 9.17) is 19.9 Å². The van der Waals surface area contributed by atoms with Crippen molar-refractivity contribution in [3.63, 3.8) is 0 Å². The summed E-state index contributed by atoms with van der Waals surface area (Å²) in [6, 6.07) is 5.61. The molecule has 2 aromatic heterocycles. The van der Waals surface area contributed by atoms with Crippen molar-refractivity contribution in [1.82, 2.24) is 19.1 Å². The fourth-order valence-electron chi connectivity index (χ4n) is 3.70. The van der Waals surface area contributed by atoms with Crippen LogP contribution in [0.4, 0.5) is 14.7 Å². The smallest absolute Gasteiger partial charge is 0.332 e. The summed E-state index contributed by atoms with van der Waals surface area (Å²) >= 11 is 0. The third-order valence-corrected chi connectivity index (χ3v) is 5.18. The van der Waals surface area contributed by atoms with Crippen LogP contribution in [0.2, 0.25) is 0 Å². The van der Waals surface area contributed by atoms with E-state index in [0.29, 0.717) is 5.56 Å². The third-order valence-electron chi connectivity index (χ3n) is 5.18. The lowest BCUT2D eigenvalue weighted by atomic mass is 10.2. The van der Waals surface area contributed by atoms with Gasteiger partial charge < -0.3 is 19.9 Å². The van der Waals surface area contributed by atoms with Crippen LogP contribution in [-0.4, -0.2) is 49.6 Å². The molecular weight excluding hydrogens is 456 g/mol. The lowest BCUT2D eigenvalue weighted by Crippen LogP contribution is -2.37. The molecule has 0 saturated carbocycles. The topological polar surface area (TPSA) is 141 Å². The molecule has 2 N–H and O–H groups in total. The van der Waals surface area contributed by atoms with Crippen LogP contribution in [0.15, 0.2) is 35.3 Å². The number of anilines is 1. The molecule has 1 fully saturated rings. The molecule has 1 aromatic carbocycles. The van der Waals surface area contributed by atoms with Gasteiger partial charge in [0, 0.05) is 13.3 Å². The number of benzene rings is 1. The van der Waals surface area contributed by atoms with E-state index in [1.165, 1.54) is 35.9 Å². The van der Waals surface area contributed by atoms with E-state index >= 15 is 4.39 Å². The minimum atomic E-state index is -2.09. The molecule has 0 amide bonds. The predicted molar refractivity (Wildman–Crippen MR) is 112 cm³/mol. The van der Waals surface area contributed by atoms with Gasteiger partial charge in [0.15, 0.2) is 18.0 Å². The Hall–Kier alpha value is -3.87. The number of nitrogens with zero attached hydrogens (tertiary/aromatic N) is 4. The normalized spacial score (nSPS) is 22.1. The lowest BCUT2D eigenvalue weighted by molar-refractivity contribution is -0.188. The number of aromatic nitrogens is 4. The van der Waals surface area contributed by atoms with Crippen molar-refractivity contribution in [3.8, 4) is 0 Å². The monoisotopic (exact) mass is 477 g/mol. The van der Waals surface area contributed by atoms with Gasteiger partial charge in [-0.15, -0.1) is 0 Å². The Balaban J connectivity index is 1.84. The molecule has 180 valence electrons. The van der Waals surface area contributed by atoms with E-state index in [1.54, 1.807) is 6.07 Å². The first-order valence-electron chi connectivity index (χ1n) is 10.3. The molecular formula is C21H21F2N5O6. The second-order valence-corrected chi connectivity index (χ2v) is 7.56. The number of carbonyl (C=O) groups is 2. The molecule has 3 aromatic rings.